The predicted molar refractivity (Wildman–Crippen MR) is 240 cm³/mol. The maximum Gasteiger partial charge on any atom is 0.227 e. The summed E-state index contributed by atoms with van der Waals surface area (Å²) < 4.78 is 0. The number of carbonyl (C=O) groups excluding carboxylic acids is 2. The minimum absolute atomic E-state index is 0.0612. The SMILES string of the molecule is C#C.C=C(CC(=NC)C1=C(N=C(N)CN(CC)C(=O)CC2=CC=CCC2)C=CCC=C1)C1C=C2CN=C(CN(CCC)C(=O)Cc3ccccc3)NC2=CC1.CC. The number of rotatable bonds is 16. The number of amidine groups is 2. The van der Waals surface area contributed by atoms with E-state index in [9.17, 15) is 9.59 Å². The Balaban J connectivity index is 0.00000211. The molecule has 0 aromatic heterocycles. The third-order valence-corrected chi connectivity index (χ3v) is 9.87. The van der Waals surface area contributed by atoms with E-state index < -0.39 is 0 Å². The van der Waals surface area contributed by atoms with Gasteiger partial charge in [0.2, 0.25) is 11.8 Å². The van der Waals surface area contributed by atoms with Crippen LogP contribution in [0.25, 0.3) is 0 Å². The number of allylic oxidation sites excluding steroid dienone is 11. The molecular weight excluding hydrogens is 707 g/mol. The fraction of sp³-hybridized carbons (Fsp3) is 0.396. The number of hydrogen-bond donors (Lipinski definition) is 2. The van der Waals surface area contributed by atoms with Gasteiger partial charge in [-0.2, -0.15) is 0 Å². The molecule has 0 fully saturated rings. The Morgan fingerprint density at radius 2 is 1.77 bits per heavy atom. The first kappa shape index (κ1) is 45.6. The molecule has 0 saturated carbocycles. The van der Waals surface area contributed by atoms with Gasteiger partial charge in [0, 0.05) is 55.9 Å². The zero-order valence-electron chi connectivity index (χ0n) is 34.8. The number of carbonyl (C=O) groups is 2. The average molecular weight is 770 g/mol. The molecule has 1 aromatic carbocycles. The molecule has 1 aromatic rings. The fourth-order valence-electron chi connectivity index (χ4n) is 6.89. The molecule has 9 heteroatoms. The average Bonchev–Trinajstić information content (AvgIpc) is 3.48. The molecule has 1 heterocycles. The first-order valence-corrected chi connectivity index (χ1v) is 20.3. The lowest BCUT2D eigenvalue weighted by molar-refractivity contribution is -0.130. The zero-order chi connectivity index (χ0) is 41.6. The van der Waals surface area contributed by atoms with Crippen molar-refractivity contribution in [3.05, 3.63) is 131 Å². The third-order valence-electron chi connectivity index (χ3n) is 9.87. The maximum absolute atomic E-state index is 13.2. The van der Waals surface area contributed by atoms with E-state index in [2.05, 4.69) is 68.1 Å². The number of benzene rings is 1. The van der Waals surface area contributed by atoms with Gasteiger partial charge in [-0.05, 0) is 56.2 Å². The second-order valence-electron chi connectivity index (χ2n) is 13.8. The highest BCUT2D eigenvalue weighted by molar-refractivity contribution is 6.05. The second-order valence-corrected chi connectivity index (χ2v) is 13.8. The number of nitrogens with zero attached hydrogens (tertiary/aromatic N) is 5. The minimum atomic E-state index is 0.0612. The Morgan fingerprint density at radius 1 is 1.04 bits per heavy atom. The first-order chi connectivity index (χ1) is 27.8. The number of terminal acetylenes is 1. The molecule has 4 aliphatic rings. The summed E-state index contributed by atoms with van der Waals surface area (Å²) in [6.45, 7) is 15.1. The van der Waals surface area contributed by atoms with Gasteiger partial charge in [-0.3, -0.25) is 19.6 Å². The van der Waals surface area contributed by atoms with E-state index in [4.69, 9.17) is 20.7 Å². The summed E-state index contributed by atoms with van der Waals surface area (Å²) in [7, 11) is 1.81. The minimum Gasteiger partial charge on any atom is -0.386 e. The van der Waals surface area contributed by atoms with Crippen LogP contribution in [0.2, 0.25) is 0 Å². The molecule has 3 N–H and O–H groups in total. The van der Waals surface area contributed by atoms with Crippen LogP contribution in [-0.4, -0.2) is 78.8 Å². The molecule has 5 rings (SSSR count). The van der Waals surface area contributed by atoms with Gasteiger partial charge in [-0.15, -0.1) is 12.8 Å². The Bertz CT molecular complexity index is 1880. The van der Waals surface area contributed by atoms with E-state index in [-0.39, 0.29) is 24.3 Å². The van der Waals surface area contributed by atoms with Crippen molar-refractivity contribution in [1.82, 2.24) is 15.1 Å². The van der Waals surface area contributed by atoms with E-state index >= 15 is 0 Å². The van der Waals surface area contributed by atoms with Gasteiger partial charge >= 0.3 is 0 Å². The van der Waals surface area contributed by atoms with Crippen molar-refractivity contribution in [1.29, 1.82) is 0 Å². The summed E-state index contributed by atoms with van der Waals surface area (Å²) >= 11 is 0. The molecule has 0 saturated heterocycles. The highest BCUT2D eigenvalue weighted by atomic mass is 16.2. The van der Waals surface area contributed by atoms with Crippen LogP contribution in [0.15, 0.2) is 140 Å². The molecule has 2 amide bonds. The largest absolute Gasteiger partial charge is 0.386 e. The number of aliphatic imine (C=N–C) groups is 3. The number of nitrogens with one attached hydrogen (secondary N) is 1. The molecule has 57 heavy (non-hydrogen) atoms. The topological polar surface area (TPSA) is 116 Å². The van der Waals surface area contributed by atoms with Crippen molar-refractivity contribution in [3.8, 4) is 12.8 Å². The number of amides is 2. The molecule has 1 atom stereocenters. The summed E-state index contributed by atoms with van der Waals surface area (Å²) in [5.41, 5.74) is 14.5. The van der Waals surface area contributed by atoms with Gasteiger partial charge in [-0.1, -0.05) is 117 Å². The van der Waals surface area contributed by atoms with E-state index in [0.29, 0.717) is 51.3 Å². The molecule has 0 bridgehead atoms. The van der Waals surface area contributed by atoms with Crippen LogP contribution < -0.4 is 11.1 Å². The molecular formula is C48H63N7O2. The lowest BCUT2D eigenvalue weighted by Gasteiger charge is -2.30. The summed E-state index contributed by atoms with van der Waals surface area (Å²) in [5, 5.41) is 3.52. The highest BCUT2D eigenvalue weighted by Gasteiger charge is 2.25. The summed E-state index contributed by atoms with van der Waals surface area (Å²) in [5.74, 6) is 1.51. The monoisotopic (exact) mass is 770 g/mol. The smallest absolute Gasteiger partial charge is 0.227 e. The fourth-order valence-corrected chi connectivity index (χ4v) is 6.89. The maximum atomic E-state index is 13.2. The van der Waals surface area contributed by atoms with Gasteiger partial charge in [-0.25, -0.2) is 4.99 Å². The normalized spacial score (nSPS) is 17.4. The van der Waals surface area contributed by atoms with E-state index in [1.165, 1.54) is 0 Å². The third kappa shape index (κ3) is 14.0. The van der Waals surface area contributed by atoms with E-state index in [0.717, 1.165) is 82.9 Å². The molecule has 0 spiro atoms. The lowest BCUT2D eigenvalue weighted by Crippen LogP contribution is -2.43. The molecule has 3 aliphatic carbocycles. The van der Waals surface area contributed by atoms with Crippen molar-refractivity contribution < 1.29 is 9.59 Å². The van der Waals surface area contributed by atoms with Crippen molar-refractivity contribution in [3.63, 3.8) is 0 Å². The Morgan fingerprint density at radius 3 is 2.46 bits per heavy atom. The van der Waals surface area contributed by atoms with Crippen LogP contribution in [0, 0.1) is 18.8 Å². The molecule has 1 aliphatic heterocycles. The summed E-state index contributed by atoms with van der Waals surface area (Å²) in [4.78, 5) is 44.4. The van der Waals surface area contributed by atoms with Crippen molar-refractivity contribution in [2.75, 3.05) is 39.8 Å². The number of nitrogens with two attached hydrogens (primary N) is 1. The number of hydrogen-bond acceptors (Lipinski definition) is 6. The first-order valence-electron chi connectivity index (χ1n) is 20.3. The van der Waals surface area contributed by atoms with Crippen LogP contribution in [0.3, 0.4) is 0 Å². The van der Waals surface area contributed by atoms with Crippen LogP contribution >= 0.6 is 0 Å². The quantitative estimate of drug-likeness (QED) is 0.0763. The molecule has 302 valence electrons. The van der Waals surface area contributed by atoms with Gasteiger partial charge in [0.25, 0.3) is 0 Å². The number of likely N-dealkylation sites (N-methyl/N-ethyl adjacent to an activating group) is 1. The molecule has 9 nitrogen and oxygen atoms in total. The summed E-state index contributed by atoms with van der Waals surface area (Å²) in [6.07, 6.45) is 32.6. The standard InChI is InChI=1S/C44H55N7O2.C2H6.C2H2/c1-5-24-51(44(53)27-34-18-12-8-13-19-34)31-42-47-29-36-28-35(22-23-38(36)49-42)32(3)25-40(46-4)37-20-14-9-15-21-39(37)48-41(45)30-50(6-2)43(52)26-33-16-10-7-11-17-33;2*1-2/h7-8,10,12-16,18-21,23,28,35H,3,5-6,9,11,17,22,24-27,29-31H2,1-2,4H3,(H2,45,48)(H,47,49);1-2H3;1-2H. The van der Waals surface area contributed by atoms with Crippen LogP contribution in [0.5, 0.6) is 0 Å². The zero-order valence-corrected chi connectivity index (χ0v) is 34.8. The van der Waals surface area contributed by atoms with Gasteiger partial charge < -0.3 is 20.9 Å². The lowest BCUT2D eigenvalue weighted by atomic mass is 9.85. The van der Waals surface area contributed by atoms with Crippen LogP contribution in [0.4, 0.5) is 0 Å². The summed E-state index contributed by atoms with van der Waals surface area (Å²) in [6, 6.07) is 9.89. The van der Waals surface area contributed by atoms with Crippen LogP contribution in [-0.2, 0) is 16.0 Å². The second kappa shape index (κ2) is 24.7. The highest BCUT2D eigenvalue weighted by Crippen LogP contribution is 2.31. The molecule has 1 unspecified atom stereocenters. The molecule has 0 radical (unpaired) electrons. The predicted octanol–water partition coefficient (Wildman–Crippen LogP) is 8.23. The van der Waals surface area contributed by atoms with Crippen molar-refractivity contribution >= 4 is 29.2 Å². The number of fused-ring (bicyclic) bond motifs is 1. The Kier molecular flexibility index (Phi) is 19.8. The van der Waals surface area contributed by atoms with Crippen molar-refractivity contribution in [2.45, 2.75) is 79.1 Å². The van der Waals surface area contributed by atoms with E-state index in [1.54, 1.807) is 11.9 Å². The van der Waals surface area contributed by atoms with Crippen molar-refractivity contribution in [2.24, 2.45) is 26.6 Å². The Labute approximate surface area is 342 Å². The van der Waals surface area contributed by atoms with E-state index in [1.807, 2.05) is 74.2 Å². The van der Waals surface area contributed by atoms with Crippen LogP contribution in [0.1, 0.15) is 78.2 Å². The van der Waals surface area contributed by atoms with Gasteiger partial charge in [0.05, 0.1) is 31.8 Å². The van der Waals surface area contributed by atoms with Gasteiger partial charge in [0.15, 0.2) is 0 Å². The Hall–Kier alpha value is -5.75. The van der Waals surface area contributed by atoms with Gasteiger partial charge in [0.1, 0.15) is 11.7 Å².